The minimum absolute atomic E-state index is 0.177. The SMILES string of the molecule is CCCNC(C)(CCCCOCC(C)C)C(=O)OC. The van der Waals surface area contributed by atoms with Crippen molar-refractivity contribution in [2.24, 2.45) is 5.92 Å². The van der Waals surface area contributed by atoms with Crippen molar-refractivity contribution in [2.75, 3.05) is 26.9 Å². The highest BCUT2D eigenvalue weighted by Gasteiger charge is 2.32. The van der Waals surface area contributed by atoms with Crippen molar-refractivity contribution in [3.05, 3.63) is 0 Å². The maximum Gasteiger partial charge on any atom is 0.325 e. The molecule has 0 radical (unpaired) electrons. The molecule has 0 aliphatic rings. The van der Waals surface area contributed by atoms with Crippen molar-refractivity contribution in [2.45, 2.75) is 58.9 Å². The molecule has 0 aliphatic heterocycles. The second-order valence-corrected chi connectivity index (χ2v) is 5.68. The average molecular weight is 273 g/mol. The molecule has 0 aromatic heterocycles. The summed E-state index contributed by atoms with van der Waals surface area (Å²) in [4.78, 5) is 11.8. The van der Waals surface area contributed by atoms with Gasteiger partial charge in [0.05, 0.1) is 7.11 Å². The lowest BCUT2D eigenvalue weighted by Gasteiger charge is -2.28. The van der Waals surface area contributed by atoms with Crippen LogP contribution in [0.1, 0.15) is 53.4 Å². The zero-order valence-corrected chi connectivity index (χ0v) is 13.3. The van der Waals surface area contributed by atoms with Gasteiger partial charge in [0.1, 0.15) is 5.54 Å². The molecule has 0 aliphatic carbocycles. The van der Waals surface area contributed by atoms with Gasteiger partial charge in [-0.2, -0.15) is 0 Å². The van der Waals surface area contributed by atoms with E-state index in [1.807, 2.05) is 6.92 Å². The van der Waals surface area contributed by atoms with Crippen molar-refractivity contribution < 1.29 is 14.3 Å². The number of hydrogen-bond donors (Lipinski definition) is 1. The lowest BCUT2D eigenvalue weighted by molar-refractivity contribution is -0.148. The Morgan fingerprint density at radius 2 is 2.00 bits per heavy atom. The lowest BCUT2D eigenvalue weighted by Crippen LogP contribution is -2.50. The van der Waals surface area contributed by atoms with E-state index in [1.165, 1.54) is 7.11 Å². The van der Waals surface area contributed by atoms with Crippen molar-refractivity contribution >= 4 is 5.97 Å². The minimum Gasteiger partial charge on any atom is -0.468 e. The van der Waals surface area contributed by atoms with Crippen LogP contribution in [0.3, 0.4) is 0 Å². The Kier molecular flexibility index (Phi) is 9.88. The summed E-state index contributed by atoms with van der Waals surface area (Å²) in [5.41, 5.74) is -0.567. The fourth-order valence-electron chi connectivity index (χ4n) is 1.89. The summed E-state index contributed by atoms with van der Waals surface area (Å²) in [7, 11) is 1.44. The molecular formula is C15H31NO3. The Morgan fingerprint density at radius 1 is 1.32 bits per heavy atom. The Bertz CT molecular complexity index is 244. The molecule has 1 atom stereocenters. The van der Waals surface area contributed by atoms with Gasteiger partial charge in [-0.15, -0.1) is 0 Å². The van der Waals surface area contributed by atoms with E-state index in [4.69, 9.17) is 9.47 Å². The Labute approximate surface area is 118 Å². The predicted molar refractivity (Wildman–Crippen MR) is 78.2 cm³/mol. The second-order valence-electron chi connectivity index (χ2n) is 5.68. The Balaban J connectivity index is 3.96. The Hall–Kier alpha value is -0.610. The molecule has 0 saturated heterocycles. The van der Waals surface area contributed by atoms with E-state index in [9.17, 15) is 4.79 Å². The van der Waals surface area contributed by atoms with Crippen molar-refractivity contribution in [1.82, 2.24) is 5.32 Å². The maximum atomic E-state index is 11.8. The van der Waals surface area contributed by atoms with Crippen molar-refractivity contribution in [3.63, 3.8) is 0 Å². The molecule has 0 spiro atoms. The summed E-state index contributed by atoms with van der Waals surface area (Å²) in [6.07, 6.45) is 3.72. The summed E-state index contributed by atoms with van der Waals surface area (Å²) >= 11 is 0. The third-order valence-electron chi connectivity index (χ3n) is 3.07. The average Bonchev–Trinajstić information content (AvgIpc) is 2.39. The van der Waals surface area contributed by atoms with Crippen LogP contribution < -0.4 is 5.32 Å². The fraction of sp³-hybridized carbons (Fsp3) is 0.933. The van der Waals surface area contributed by atoms with Crippen LogP contribution in [-0.4, -0.2) is 38.4 Å². The topological polar surface area (TPSA) is 47.6 Å². The van der Waals surface area contributed by atoms with Gasteiger partial charge in [-0.1, -0.05) is 20.8 Å². The maximum absolute atomic E-state index is 11.8. The molecule has 0 heterocycles. The molecule has 0 rings (SSSR count). The van der Waals surface area contributed by atoms with Crippen LogP contribution in [0, 0.1) is 5.92 Å². The number of carbonyl (C=O) groups excluding carboxylic acids is 1. The molecule has 0 bridgehead atoms. The molecular weight excluding hydrogens is 242 g/mol. The highest BCUT2D eigenvalue weighted by molar-refractivity contribution is 5.80. The number of methoxy groups -OCH3 is 1. The third kappa shape index (κ3) is 8.22. The zero-order valence-electron chi connectivity index (χ0n) is 13.3. The second kappa shape index (κ2) is 10.2. The van der Waals surface area contributed by atoms with E-state index in [-0.39, 0.29) is 5.97 Å². The van der Waals surface area contributed by atoms with Crippen LogP contribution >= 0.6 is 0 Å². The predicted octanol–water partition coefficient (Wildman–Crippen LogP) is 2.76. The first-order valence-electron chi connectivity index (χ1n) is 7.37. The number of rotatable bonds is 11. The standard InChI is InChI=1S/C15H31NO3/c1-6-10-16-15(4,14(17)18-5)9-7-8-11-19-12-13(2)3/h13,16H,6-12H2,1-5H3. The quantitative estimate of drug-likeness (QED) is 0.464. The minimum atomic E-state index is -0.567. The van der Waals surface area contributed by atoms with E-state index in [0.29, 0.717) is 5.92 Å². The molecule has 114 valence electrons. The molecule has 0 saturated carbocycles. The van der Waals surface area contributed by atoms with Gasteiger partial charge in [0.15, 0.2) is 0 Å². The largest absolute Gasteiger partial charge is 0.468 e. The number of carbonyl (C=O) groups is 1. The Morgan fingerprint density at radius 3 is 2.53 bits per heavy atom. The number of nitrogens with one attached hydrogen (secondary N) is 1. The van der Waals surface area contributed by atoms with E-state index in [1.54, 1.807) is 0 Å². The van der Waals surface area contributed by atoms with Crippen LogP contribution in [0.25, 0.3) is 0 Å². The van der Waals surface area contributed by atoms with Crippen LogP contribution in [0.15, 0.2) is 0 Å². The van der Waals surface area contributed by atoms with E-state index in [2.05, 4.69) is 26.1 Å². The molecule has 4 heteroatoms. The molecule has 4 nitrogen and oxygen atoms in total. The summed E-state index contributed by atoms with van der Waals surface area (Å²) in [6, 6.07) is 0. The number of hydrogen-bond acceptors (Lipinski definition) is 4. The molecule has 0 amide bonds. The first kappa shape index (κ1) is 18.4. The van der Waals surface area contributed by atoms with E-state index >= 15 is 0 Å². The number of unbranched alkanes of at least 4 members (excludes halogenated alkanes) is 1. The van der Waals surface area contributed by atoms with Gasteiger partial charge >= 0.3 is 5.97 Å². The fourth-order valence-corrected chi connectivity index (χ4v) is 1.89. The summed E-state index contributed by atoms with van der Waals surface area (Å²) in [6.45, 7) is 10.7. The van der Waals surface area contributed by atoms with Gasteiger partial charge in [0.25, 0.3) is 0 Å². The van der Waals surface area contributed by atoms with Crippen LogP contribution in [-0.2, 0) is 14.3 Å². The first-order chi connectivity index (χ1) is 8.96. The highest BCUT2D eigenvalue weighted by atomic mass is 16.5. The molecule has 0 aromatic rings. The third-order valence-corrected chi connectivity index (χ3v) is 3.07. The van der Waals surface area contributed by atoms with Gasteiger partial charge in [0, 0.05) is 13.2 Å². The monoisotopic (exact) mass is 273 g/mol. The summed E-state index contributed by atoms with van der Waals surface area (Å²) in [5.74, 6) is 0.399. The normalized spacial score (nSPS) is 14.4. The van der Waals surface area contributed by atoms with Crippen LogP contribution in [0.4, 0.5) is 0 Å². The van der Waals surface area contributed by atoms with Gasteiger partial charge in [-0.3, -0.25) is 4.79 Å². The summed E-state index contributed by atoms with van der Waals surface area (Å²) in [5, 5.41) is 3.29. The van der Waals surface area contributed by atoms with Gasteiger partial charge < -0.3 is 14.8 Å². The van der Waals surface area contributed by atoms with Crippen molar-refractivity contribution in [1.29, 1.82) is 0 Å². The zero-order chi connectivity index (χ0) is 14.7. The van der Waals surface area contributed by atoms with Gasteiger partial charge in [-0.25, -0.2) is 0 Å². The number of ether oxygens (including phenoxy) is 2. The lowest BCUT2D eigenvalue weighted by atomic mass is 9.94. The van der Waals surface area contributed by atoms with Gasteiger partial charge in [0.2, 0.25) is 0 Å². The van der Waals surface area contributed by atoms with E-state index in [0.717, 1.165) is 45.4 Å². The molecule has 19 heavy (non-hydrogen) atoms. The van der Waals surface area contributed by atoms with Crippen LogP contribution in [0.2, 0.25) is 0 Å². The molecule has 1 unspecified atom stereocenters. The molecule has 0 aromatic carbocycles. The molecule has 1 N–H and O–H groups in total. The van der Waals surface area contributed by atoms with Crippen LogP contribution in [0.5, 0.6) is 0 Å². The van der Waals surface area contributed by atoms with Gasteiger partial charge in [-0.05, 0) is 45.1 Å². The number of esters is 1. The van der Waals surface area contributed by atoms with E-state index < -0.39 is 5.54 Å². The van der Waals surface area contributed by atoms with Crippen molar-refractivity contribution in [3.8, 4) is 0 Å². The highest BCUT2D eigenvalue weighted by Crippen LogP contribution is 2.16. The molecule has 0 fully saturated rings. The first-order valence-corrected chi connectivity index (χ1v) is 7.37. The smallest absolute Gasteiger partial charge is 0.325 e. The summed E-state index contributed by atoms with van der Waals surface area (Å²) < 4.78 is 10.4.